The number of esters is 1. The third kappa shape index (κ3) is 2.95. The van der Waals surface area contributed by atoms with Crippen LogP contribution in [-0.4, -0.2) is 38.4 Å². The smallest absolute Gasteiger partial charge is 0.323 e. The minimum Gasteiger partial charge on any atom is -0.465 e. The second-order valence-electron chi connectivity index (χ2n) is 4.81. The molecule has 2 fully saturated rings. The Morgan fingerprint density at radius 2 is 2.25 bits per heavy atom. The highest BCUT2D eigenvalue weighted by Crippen LogP contribution is 2.29. The zero-order valence-electron chi connectivity index (χ0n) is 9.91. The van der Waals surface area contributed by atoms with E-state index in [9.17, 15) is 4.79 Å². The third-order valence-corrected chi connectivity index (χ3v) is 3.70. The average molecular weight is 227 g/mol. The van der Waals surface area contributed by atoms with Gasteiger partial charge in [-0.2, -0.15) is 0 Å². The monoisotopic (exact) mass is 227 g/mol. The molecule has 4 nitrogen and oxygen atoms in total. The molecule has 0 bridgehead atoms. The zero-order valence-corrected chi connectivity index (χ0v) is 9.91. The molecule has 1 N–H and O–H groups in total. The van der Waals surface area contributed by atoms with Crippen LogP contribution in [0.1, 0.15) is 32.1 Å². The minimum absolute atomic E-state index is 0.112. The van der Waals surface area contributed by atoms with Gasteiger partial charge in [-0.3, -0.25) is 4.79 Å². The van der Waals surface area contributed by atoms with Crippen LogP contribution in [0.15, 0.2) is 0 Å². The van der Waals surface area contributed by atoms with Crippen LogP contribution in [0.2, 0.25) is 0 Å². The predicted molar refractivity (Wildman–Crippen MR) is 60.1 cm³/mol. The Balaban J connectivity index is 1.60. The molecule has 0 aromatic carbocycles. The summed E-state index contributed by atoms with van der Waals surface area (Å²) in [4.78, 5) is 11.7. The standard InChI is InChI=1S/C12H21NO3/c1-15-10-7-11(13-8-10)12(14)16-6-5-9-3-2-4-9/h9-11,13H,2-8H2,1H3. The van der Waals surface area contributed by atoms with Crippen molar-refractivity contribution in [1.82, 2.24) is 5.32 Å². The summed E-state index contributed by atoms with van der Waals surface area (Å²) < 4.78 is 10.5. The van der Waals surface area contributed by atoms with E-state index in [-0.39, 0.29) is 18.1 Å². The van der Waals surface area contributed by atoms with E-state index in [0.29, 0.717) is 6.61 Å². The Labute approximate surface area is 96.7 Å². The lowest BCUT2D eigenvalue weighted by Crippen LogP contribution is -2.32. The van der Waals surface area contributed by atoms with Crippen molar-refractivity contribution < 1.29 is 14.3 Å². The van der Waals surface area contributed by atoms with E-state index in [4.69, 9.17) is 9.47 Å². The van der Waals surface area contributed by atoms with Crippen LogP contribution >= 0.6 is 0 Å². The van der Waals surface area contributed by atoms with Crippen molar-refractivity contribution in [3.8, 4) is 0 Å². The first-order valence-electron chi connectivity index (χ1n) is 6.22. The molecule has 0 aromatic rings. The fourth-order valence-corrected chi connectivity index (χ4v) is 2.27. The second-order valence-corrected chi connectivity index (χ2v) is 4.81. The van der Waals surface area contributed by atoms with Gasteiger partial charge in [0, 0.05) is 20.1 Å². The minimum atomic E-state index is -0.161. The molecular weight excluding hydrogens is 206 g/mol. The van der Waals surface area contributed by atoms with Gasteiger partial charge >= 0.3 is 5.97 Å². The molecule has 1 saturated carbocycles. The summed E-state index contributed by atoms with van der Waals surface area (Å²) in [6, 6.07) is -0.161. The summed E-state index contributed by atoms with van der Waals surface area (Å²) in [5, 5.41) is 3.12. The number of ether oxygens (including phenoxy) is 2. The van der Waals surface area contributed by atoms with E-state index in [1.807, 2.05) is 0 Å². The van der Waals surface area contributed by atoms with Crippen LogP contribution in [0, 0.1) is 5.92 Å². The lowest BCUT2D eigenvalue weighted by molar-refractivity contribution is -0.146. The van der Waals surface area contributed by atoms with Gasteiger partial charge in [-0.1, -0.05) is 19.3 Å². The molecular formula is C12H21NO3. The molecule has 1 heterocycles. The molecule has 0 aromatic heterocycles. The van der Waals surface area contributed by atoms with Crippen LogP contribution in [0.4, 0.5) is 0 Å². The number of nitrogens with one attached hydrogen (secondary N) is 1. The normalized spacial score (nSPS) is 30.1. The van der Waals surface area contributed by atoms with E-state index < -0.39 is 0 Å². The van der Waals surface area contributed by atoms with Crippen LogP contribution in [0.3, 0.4) is 0 Å². The number of rotatable bonds is 5. The quantitative estimate of drug-likeness (QED) is 0.714. The molecule has 1 saturated heterocycles. The third-order valence-electron chi connectivity index (χ3n) is 3.70. The largest absolute Gasteiger partial charge is 0.465 e. The summed E-state index contributed by atoms with van der Waals surface area (Å²) in [5.74, 6) is 0.690. The summed E-state index contributed by atoms with van der Waals surface area (Å²) in [5.41, 5.74) is 0. The maximum Gasteiger partial charge on any atom is 0.323 e. The summed E-state index contributed by atoms with van der Waals surface area (Å²) in [6.07, 6.45) is 5.89. The first-order valence-corrected chi connectivity index (χ1v) is 6.22. The van der Waals surface area contributed by atoms with Crippen LogP contribution < -0.4 is 5.32 Å². The molecule has 0 spiro atoms. The maximum atomic E-state index is 11.7. The molecule has 1 aliphatic carbocycles. The number of hydrogen-bond acceptors (Lipinski definition) is 4. The van der Waals surface area contributed by atoms with E-state index >= 15 is 0 Å². The van der Waals surface area contributed by atoms with Crippen molar-refractivity contribution in [2.45, 2.75) is 44.2 Å². The molecule has 0 radical (unpaired) electrons. The van der Waals surface area contributed by atoms with E-state index in [1.165, 1.54) is 19.3 Å². The molecule has 16 heavy (non-hydrogen) atoms. The number of carbonyl (C=O) groups excluding carboxylic acids is 1. The molecule has 1 aliphatic heterocycles. The Morgan fingerprint density at radius 3 is 2.81 bits per heavy atom. The van der Waals surface area contributed by atoms with Gasteiger partial charge in [0.05, 0.1) is 12.7 Å². The number of carbonyl (C=O) groups is 1. The Kier molecular flexibility index (Phi) is 4.18. The Bertz CT molecular complexity index is 240. The van der Waals surface area contributed by atoms with Crippen molar-refractivity contribution in [3.05, 3.63) is 0 Å². The van der Waals surface area contributed by atoms with Gasteiger partial charge in [0.1, 0.15) is 6.04 Å². The molecule has 2 atom stereocenters. The second kappa shape index (κ2) is 5.64. The van der Waals surface area contributed by atoms with Gasteiger partial charge in [-0.25, -0.2) is 0 Å². The number of hydrogen-bond donors (Lipinski definition) is 1. The van der Waals surface area contributed by atoms with E-state index in [1.54, 1.807) is 7.11 Å². The molecule has 92 valence electrons. The van der Waals surface area contributed by atoms with Crippen molar-refractivity contribution in [1.29, 1.82) is 0 Å². The van der Waals surface area contributed by atoms with E-state index in [2.05, 4.69) is 5.32 Å². The summed E-state index contributed by atoms with van der Waals surface area (Å²) >= 11 is 0. The predicted octanol–water partition coefficient (Wildman–Crippen LogP) is 1.10. The van der Waals surface area contributed by atoms with E-state index in [0.717, 1.165) is 25.3 Å². The van der Waals surface area contributed by atoms with Gasteiger partial charge in [0.2, 0.25) is 0 Å². The van der Waals surface area contributed by atoms with Crippen LogP contribution in [-0.2, 0) is 14.3 Å². The Hall–Kier alpha value is -0.610. The molecule has 2 unspecified atom stereocenters. The topological polar surface area (TPSA) is 47.6 Å². The van der Waals surface area contributed by atoms with Gasteiger partial charge in [0.15, 0.2) is 0 Å². The van der Waals surface area contributed by atoms with Crippen molar-refractivity contribution in [3.63, 3.8) is 0 Å². The lowest BCUT2D eigenvalue weighted by atomic mass is 9.83. The first kappa shape index (κ1) is 11.9. The van der Waals surface area contributed by atoms with Gasteiger partial charge in [-0.05, 0) is 12.3 Å². The van der Waals surface area contributed by atoms with Crippen molar-refractivity contribution in [2.75, 3.05) is 20.3 Å². The Morgan fingerprint density at radius 1 is 1.44 bits per heavy atom. The molecule has 0 amide bonds. The molecule has 2 aliphatic rings. The molecule has 2 rings (SSSR count). The van der Waals surface area contributed by atoms with Crippen LogP contribution in [0.25, 0.3) is 0 Å². The van der Waals surface area contributed by atoms with Gasteiger partial charge in [0.25, 0.3) is 0 Å². The summed E-state index contributed by atoms with van der Waals surface area (Å²) in [6.45, 7) is 1.33. The van der Waals surface area contributed by atoms with Crippen molar-refractivity contribution in [2.24, 2.45) is 5.92 Å². The summed E-state index contributed by atoms with van der Waals surface area (Å²) in [7, 11) is 1.68. The average Bonchev–Trinajstić information content (AvgIpc) is 2.69. The highest BCUT2D eigenvalue weighted by Gasteiger charge is 2.30. The number of methoxy groups -OCH3 is 1. The SMILES string of the molecule is COC1CNC(C(=O)OCCC2CCC2)C1. The fraction of sp³-hybridized carbons (Fsp3) is 0.917. The molecule has 4 heteroatoms. The highest BCUT2D eigenvalue weighted by molar-refractivity contribution is 5.76. The lowest BCUT2D eigenvalue weighted by Gasteiger charge is -2.25. The van der Waals surface area contributed by atoms with Crippen molar-refractivity contribution >= 4 is 5.97 Å². The fourth-order valence-electron chi connectivity index (χ4n) is 2.27. The first-order chi connectivity index (χ1) is 7.79. The van der Waals surface area contributed by atoms with Gasteiger partial charge < -0.3 is 14.8 Å². The maximum absolute atomic E-state index is 11.7. The zero-order chi connectivity index (χ0) is 11.4. The van der Waals surface area contributed by atoms with Gasteiger partial charge in [-0.15, -0.1) is 0 Å². The highest BCUT2D eigenvalue weighted by atomic mass is 16.5. The van der Waals surface area contributed by atoms with Crippen LogP contribution in [0.5, 0.6) is 0 Å².